The molecule has 20 heavy (non-hydrogen) atoms. The summed E-state index contributed by atoms with van der Waals surface area (Å²) >= 11 is 5.80. The summed E-state index contributed by atoms with van der Waals surface area (Å²) in [6.45, 7) is -0.256. The maximum atomic E-state index is 12.0. The Morgan fingerprint density at radius 1 is 1.30 bits per heavy atom. The van der Waals surface area contributed by atoms with Crippen LogP contribution in [-0.4, -0.2) is 27.6 Å². The van der Waals surface area contributed by atoms with E-state index in [9.17, 15) is 9.90 Å². The van der Waals surface area contributed by atoms with Crippen LogP contribution in [0.2, 0.25) is 5.02 Å². The summed E-state index contributed by atoms with van der Waals surface area (Å²) in [6, 6.07) is 6.25. The molecular formula is C13H13ClN4O2. The van der Waals surface area contributed by atoms with Gasteiger partial charge in [0.1, 0.15) is 0 Å². The van der Waals surface area contributed by atoms with Crippen molar-refractivity contribution < 1.29 is 9.90 Å². The van der Waals surface area contributed by atoms with E-state index in [1.807, 2.05) is 0 Å². The van der Waals surface area contributed by atoms with Gasteiger partial charge in [0.05, 0.1) is 12.6 Å². The van der Waals surface area contributed by atoms with Crippen molar-refractivity contribution >= 4 is 23.3 Å². The zero-order chi connectivity index (χ0) is 14.5. The summed E-state index contributed by atoms with van der Waals surface area (Å²) < 4.78 is 0. The highest BCUT2D eigenvalue weighted by molar-refractivity contribution is 6.30. The molecule has 6 nitrogen and oxygen atoms in total. The Hall–Kier alpha value is -2.18. The molecule has 0 aliphatic rings. The molecule has 4 N–H and O–H groups in total. The molecule has 2 aromatic rings. The smallest absolute Gasteiger partial charge is 0.274 e. The molecule has 2 rings (SSSR count). The first-order chi connectivity index (χ1) is 9.61. The van der Waals surface area contributed by atoms with E-state index in [-0.39, 0.29) is 18.1 Å². The van der Waals surface area contributed by atoms with Crippen LogP contribution in [0.1, 0.15) is 22.1 Å². The van der Waals surface area contributed by atoms with Crippen LogP contribution >= 0.6 is 11.6 Å². The summed E-state index contributed by atoms with van der Waals surface area (Å²) in [7, 11) is 0. The number of hydrogen-bond donors (Lipinski definition) is 3. The van der Waals surface area contributed by atoms with Crippen LogP contribution in [0.5, 0.6) is 0 Å². The topological polar surface area (TPSA) is 101 Å². The van der Waals surface area contributed by atoms with Crippen molar-refractivity contribution in [2.24, 2.45) is 0 Å². The van der Waals surface area contributed by atoms with Crippen LogP contribution in [0.25, 0.3) is 0 Å². The Labute approximate surface area is 120 Å². The molecule has 1 atom stereocenters. The Morgan fingerprint density at radius 2 is 1.95 bits per heavy atom. The van der Waals surface area contributed by atoms with Gasteiger partial charge in [-0.05, 0) is 17.7 Å². The third-order valence-electron chi connectivity index (χ3n) is 2.70. The maximum absolute atomic E-state index is 12.0. The van der Waals surface area contributed by atoms with Gasteiger partial charge in [0.25, 0.3) is 5.91 Å². The van der Waals surface area contributed by atoms with Crippen LogP contribution in [0.3, 0.4) is 0 Å². The first-order valence-corrected chi connectivity index (χ1v) is 6.23. The number of aromatic nitrogens is 2. The molecule has 0 fully saturated rings. The van der Waals surface area contributed by atoms with E-state index in [1.165, 1.54) is 12.4 Å². The Bertz CT molecular complexity index is 604. The highest BCUT2D eigenvalue weighted by atomic mass is 35.5. The third kappa shape index (κ3) is 3.23. The Kier molecular flexibility index (Phi) is 4.49. The fraction of sp³-hybridized carbons (Fsp3) is 0.154. The number of carbonyl (C=O) groups excluding carboxylic acids is 1. The van der Waals surface area contributed by atoms with Crippen LogP contribution in [0.15, 0.2) is 36.7 Å². The van der Waals surface area contributed by atoms with E-state index in [2.05, 4.69) is 15.3 Å². The zero-order valence-corrected chi connectivity index (χ0v) is 11.2. The zero-order valence-electron chi connectivity index (χ0n) is 10.5. The molecule has 0 aliphatic heterocycles. The van der Waals surface area contributed by atoms with E-state index in [0.717, 1.165) is 5.56 Å². The minimum Gasteiger partial charge on any atom is -0.394 e. The second-order valence-electron chi connectivity index (χ2n) is 4.05. The van der Waals surface area contributed by atoms with Crippen molar-refractivity contribution in [1.82, 2.24) is 15.3 Å². The van der Waals surface area contributed by atoms with Gasteiger partial charge in [-0.3, -0.25) is 4.79 Å². The molecule has 1 amide bonds. The van der Waals surface area contributed by atoms with Gasteiger partial charge in [-0.1, -0.05) is 23.7 Å². The fourth-order valence-corrected chi connectivity index (χ4v) is 1.81. The van der Waals surface area contributed by atoms with Gasteiger partial charge in [-0.2, -0.15) is 0 Å². The highest BCUT2D eigenvalue weighted by Crippen LogP contribution is 2.17. The van der Waals surface area contributed by atoms with E-state index in [0.29, 0.717) is 5.02 Å². The van der Waals surface area contributed by atoms with Gasteiger partial charge in [-0.15, -0.1) is 0 Å². The first-order valence-electron chi connectivity index (χ1n) is 5.85. The van der Waals surface area contributed by atoms with Crippen LogP contribution in [-0.2, 0) is 0 Å². The number of amides is 1. The number of anilines is 1. The standard InChI is InChI=1S/C13H13ClN4O2/c14-9-3-1-8(2-4-9)10(7-19)18-13(20)11-12(15)17-6-5-16-11/h1-6,10,19H,7H2,(H2,15,17)(H,18,20). The Balaban J connectivity index is 2.16. The number of aliphatic hydroxyl groups is 1. The number of halogens is 1. The summed E-state index contributed by atoms with van der Waals surface area (Å²) in [6.07, 6.45) is 2.77. The monoisotopic (exact) mass is 292 g/mol. The molecule has 1 aromatic heterocycles. The molecule has 0 radical (unpaired) electrons. The van der Waals surface area contributed by atoms with Gasteiger partial charge in [0.2, 0.25) is 0 Å². The van der Waals surface area contributed by atoms with E-state index < -0.39 is 11.9 Å². The van der Waals surface area contributed by atoms with Crippen LogP contribution < -0.4 is 11.1 Å². The average Bonchev–Trinajstić information content (AvgIpc) is 2.46. The number of hydrogen-bond acceptors (Lipinski definition) is 5. The second kappa shape index (κ2) is 6.31. The molecule has 0 spiro atoms. The quantitative estimate of drug-likeness (QED) is 0.785. The minimum atomic E-state index is -0.568. The lowest BCUT2D eigenvalue weighted by Crippen LogP contribution is -2.32. The van der Waals surface area contributed by atoms with Gasteiger partial charge in [0.15, 0.2) is 11.5 Å². The van der Waals surface area contributed by atoms with Crippen molar-refractivity contribution in [3.8, 4) is 0 Å². The molecule has 0 saturated heterocycles. The van der Waals surface area contributed by atoms with E-state index in [1.54, 1.807) is 24.3 Å². The SMILES string of the molecule is Nc1nccnc1C(=O)NC(CO)c1ccc(Cl)cc1. The number of rotatable bonds is 4. The van der Waals surface area contributed by atoms with E-state index in [4.69, 9.17) is 17.3 Å². The predicted octanol–water partition coefficient (Wildman–Crippen LogP) is 1.18. The van der Waals surface area contributed by atoms with Gasteiger partial charge in [0, 0.05) is 17.4 Å². The van der Waals surface area contributed by atoms with Crippen LogP contribution in [0, 0.1) is 0 Å². The number of carbonyl (C=O) groups is 1. The molecule has 0 bridgehead atoms. The van der Waals surface area contributed by atoms with Gasteiger partial charge < -0.3 is 16.2 Å². The highest BCUT2D eigenvalue weighted by Gasteiger charge is 2.18. The maximum Gasteiger partial charge on any atom is 0.274 e. The van der Waals surface area contributed by atoms with Gasteiger partial charge >= 0.3 is 0 Å². The first kappa shape index (κ1) is 14.2. The molecule has 104 valence electrons. The lowest BCUT2D eigenvalue weighted by Gasteiger charge is -2.16. The molecule has 1 unspecified atom stereocenters. The lowest BCUT2D eigenvalue weighted by atomic mass is 10.1. The molecule has 0 aliphatic carbocycles. The van der Waals surface area contributed by atoms with E-state index >= 15 is 0 Å². The lowest BCUT2D eigenvalue weighted by molar-refractivity contribution is 0.0912. The number of nitrogens with zero attached hydrogens (tertiary/aromatic N) is 2. The normalized spacial score (nSPS) is 11.9. The molecule has 1 aromatic carbocycles. The second-order valence-corrected chi connectivity index (χ2v) is 4.49. The summed E-state index contributed by atoms with van der Waals surface area (Å²) in [5.41, 5.74) is 6.34. The third-order valence-corrected chi connectivity index (χ3v) is 2.95. The number of aliphatic hydroxyl groups excluding tert-OH is 1. The van der Waals surface area contributed by atoms with Gasteiger partial charge in [-0.25, -0.2) is 9.97 Å². The summed E-state index contributed by atoms with van der Waals surface area (Å²) in [5.74, 6) is -0.456. The number of nitrogen functional groups attached to an aromatic ring is 1. The molecular weight excluding hydrogens is 280 g/mol. The minimum absolute atomic E-state index is 0.0277. The van der Waals surface area contributed by atoms with Crippen molar-refractivity contribution in [3.05, 3.63) is 52.9 Å². The number of nitrogens with one attached hydrogen (secondary N) is 1. The van der Waals surface area contributed by atoms with Crippen molar-refractivity contribution in [2.45, 2.75) is 6.04 Å². The predicted molar refractivity (Wildman–Crippen MR) is 75.2 cm³/mol. The molecule has 1 heterocycles. The van der Waals surface area contributed by atoms with Crippen molar-refractivity contribution in [1.29, 1.82) is 0 Å². The number of benzene rings is 1. The van der Waals surface area contributed by atoms with Crippen molar-refractivity contribution in [2.75, 3.05) is 12.3 Å². The number of nitrogens with two attached hydrogens (primary N) is 1. The Morgan fingerprint density at radius 3 is 2.55 bits per heavy atom. The average molecular weight is 293 g/mol. The summed E-state index contributed by atoms with van der Waals surface area (Å²) in [4.78, 5) is 19.7. The fourth-order valence-electron chi connectivity index (χ4n) is 1.68. The van der Waals surface area contributed by atoms with Crippen LogP contribution in [0.4, 0.5) is 5.82 Å². The molecule has 7 heteroatoms. The van der Waals surface area contributed by atoms with Crippen molar-refractivity contribution in [3.63, 3.8) is 0 Å². The summed E-state index contributed by atoms with van der Waals surface area (Å²) in [5, 5.41) is 12.6. The largest absolute Gasteiger partial charge is 0.394 e. The molecule has 0 saturated carbocycles.